The summed E-state index contributed by atoms with van der Waals surface area (Å²) in [6, 6.07) is 9.35. The molecule has 1 saturated heterocycles. The van der Waals surface area contributed by atoms with Gasteiger partial charge in [0.25, 0.3) is 0 Å². The summed E-state index contributed by atoms with van der Waals surface area (Å²) >= 11 is 0.917. The SMILES string of the molecule is CCc1c(C#N)c(S[C@@H](C(N)=O)c2ccc(F)cc2)nc(N2CCC(OP(=O)(O)O)C2)c1C#N. The summed E-state index contributed by atoms with van der Waals surface area (Å²) in [5, 5.41) is 18.9. The zero-order chi connectivity index (χ0) is 25.0. The van der Waals surface area contributed by atoms with E-state index in [0.717, 1.165) is 11.8 Å². The number of hydrogen-bond acceptors (Lipinski definition) is 8. The maximum absolute atomic E-state index is 13.4. The van der Waals surface area contributed by atoms with Gasteiger partial charge in [-0.25, -0.2) is 13.9 Å². The van der Waals surface area contributed by atoms with Crippen LogP contribution < -0.4 is 10.6 Å². The van der Waals surface area contributed by atoms with Crippen LogP contribution in [0.2, 0.25) is 0 Å². The molecule has 0 saturated carbocycles. The number of halogens is 1. The van der Waals surface area contributed by atoms with E-state index in [4.69, 9.17) is 20.0 Å². The minimum atomic E-state index is -4.69. The largest absolute Gasteiger partial charge is 0.469 e. The zero-order valence-electron chi connectivity index (χ0n) is 18.0. The van der Waals surface area contributed by atoms with Crippen LogP contribution in [-0.4, -0.2) is 39.9 Å². The Morgan fingerprint density at radius 3 is 2.53 bits per heavy atom. The van der Waals surface area contributed by atoms with Gasteiger partial charge in [0, 0.05) is 13.1 Å². The molecule has 0 spiro atoms. The van der Waals surface area contributed by atoms with Gasteiger partial charge in [0.1, 0.15) is 34.0 Å². The molecule has 4 N–H and O–H groups in total. The molecular weight excluding hydrogens is 484 g/mol. The van der Waals surface area contributed by atoms with Crippen molar-refractivity contribution >= 4 is 31.3 Å². The molecule has 1 aromatic carbocycles. The number of nitriles is 2. The Morgan fingerprint density at radius 2 is 2.00 bits per heavy atom. The number of thioether (sulfide) groups is 1. The Kier molecular flexibility index (Phi) is 7.93. The quantitative estimate of drug-likeness (QED) is 0.357. The number of phosphoric ester groups is 1. The van der Waals surface area contributed by atoms with Crippen LogP contribution in [0.15, 0.2) is 29.3 Å². The average Bonchev–Trinajstić information content (AvgIpc) is 3.23. The van der Waals surface area contributed by atoms with Crippen molar-refractivity contribution in [2.75, 3.05) is 18.0 Å². The monoisotopic (exact) mass is 505 g/mol. The van der Waals surface area contributed by atoms with Gasteiger partial charge >= 0.3 is 7.82 Å². The molecule has 1 amide bonds. The molecule has 0 bridgehead atoms. The number of anilines is 1. The summed E-state index contributed by atoms with van der Waals surface area (Å²) in [5.74, 6) is -0.981. The fourth-order valence-electron chi connectivity index (χ4n) is 3.74. The van der Waals surface area contributed by atoms with Crippen LogP contribution in [0.1, 0.15) is 40.8 Å². The molecule has 1 fully saturated rings. The predicted octanol–water partition coefficient (Wildman–Crippen LogP) is 2.53. The van der Waals surface area contributed by atoms with E-state index >= 15 is 0 Å². The number of nitrogens with two attached hydrogens (primary N) is 1. The van der Waals surface area contributed by atoms with Crippen molar-refractivity contribution in [1.82, 2.24) is 4.98 Å². The highest BCUT2D eigenvalue weighted by molar-refractivity contribution is 8.00. The van der Waals surface area contributed by atoms with Gasteiger partial charge < -0.3 is 20.4 Å². The van der Waals surface area contributed by atoms with E-state index in [1.54, 1.807) is 11.8 Å². The van der Waals surface area contributed by atoms with Gasteiger partial charge in [-0.3, -0.25) is 9.32 Å². The number of carbonyl (C=O) groups is 1. The number of benzene rings is 1. The van der Waals surface area contributed by atoms with Gasteiger partial charge in [-0.15, -0.1) is 0 Å². The van der Waals surface area contributed by atoms with E-state index < -0.39 is 30.9 Å². The molecule has 1 unspecified atom stereocenters. The molecule has 2 atom stereocenters. The first-order chi connectivity index (χ1) is 16.1. The number of phosphoric acid groups is 1. The molecule has 2 aromatic rings. The van der Waals surface area contributed by atoms with Crippen LogP contribution in [0.5, 0.6) is 0 Å². The lowest BCUT2D eigenvalue weighted by Gasteiger charge is -2.23. The smallest absolute Gasteiger partial charge is 0.368 e. The Labute approximate surface area is 199 Å². The van der Waals surface area contributed by atoms with E-state index in [0.29, 0.717) is 30.5 Å². The van der Waals surface area contributed by atoms with Crippen LogP contribution in [0.4, 0.5) is 10.2 Å². The fraction of sp³-hybridized carbons (Fsp3) is 0.333. The van der Waals surface area contributed by atoms with Gasteiger partial charge in [0.15, 0.2) is 0 Å². The molecule has 178 valence electrons. The Hall–Kier alpha value is -2.99. The van der Waals surface area contributed by atoms with E-state index in [9.17, 15) is 24.3 Å². The van der Waals surface area contributed by atoms with Crippen molar-refractivity contribution in [2.24, 2.45) is 5.73 Å². The molecule has 1 aromatic heterocycles. The third-order valence-corrected chi connectivity index (χ3v) is 7.05. The lowest BCUT2D eigenvalue weighted by Crippen LogP contribution is -2.25. The fourth-order valence-corrected chi connectivity index (χ4v) is 5.36. The number of amides is 1. The standard InChI is InChI=1S/C21H21FN5O5PS/c1-2-15-16(9-23)20(27-8-7-14(11-27)32-33(29,30)31)26-21(17(15)10-24)34-18(19(25)28)12-3-5-13(22)6-4-12/h3-6,14,18H,2,7-8,11H2,1H3,(H2,25,28)(H2,29,30,31)/t14?,18-/m1/s1. The number of carbonyl (C=O) groups excluding carboxylic acids is 1. The summed E-state index contributed by atoms with van der Waals surface area (Å²) < 4.78 is 29.4. The van der Waals surface area contributed by atoms with Crippen molar-refractivity contribution in [1.29, 1.82) is 10.5 Å². The van der Waals surface area contributed by atoms with Gasteiger partial charge in [-0.05, 0) is 36.1 Å². The number of aromatic nitrogens is 1. The summed E-state index contributed by atoms with van der Waals surface area (Å²) in [4.78, 5) is 36.6. The van der Waals surface area contributed by atoms with Gasteiger partial charge in [-0.1, -0.05) is 30.8 Å². The maximum Gasteiger partial charge on any atom is 0.469 e. The number of primary amides is 1. The van der Waals surface area contributed by atoms with Crippen LogP contribution >= 0.6 is 19.6 Å². The lowest BCUT2D eigenvalue weighted by molar-refractivity contribution is -0.117. The van der Waals surface area contributed by atoms with E-state index in [1.165, 1.54) is 24.3 Å². The Balaban J connectivity index is 2.06. The summed E-state index contributed by atoms with van der Waals surface area (Å²) in [6.07, 6.45) is -0.159. The van der Waals surface area contributed by atoms with Crippen molar-refractivity contribution < 1.29 is 28.1 Å². The molecule has 3 rings (SSSR count). The summed E-state index contributed by atoms with van der Waals surface area (Å²) in [7, 11) is -4.69. The minimum absolute atomic E-state index is 0.0726. The predicted molar refractivity (Wildman–Crippen MR) is 121 cm³/mol. The molecule has 0 aliphatic carbocycles. The topological polar surface area (TPSA) is 174 Å². The molecule has 13 heteroatoms. The van der Waals surface area contributed by atoms with Crippen LogP contribution in [0, 0.1) is 28.5 Å². The molecule has 34 heavy (non-hydrogen) atoms. The second-order valence-electron chi connectivity index (χ2n) is 7.45. The molecule has 2 heterocycles. The molecule has 1 aliphatic heterocycles. The highest BCUT2D eigenvalue weighted by atomic mass is 32.2. The second-order valence-corrected chi connectivity index (χ2v) is 9.74. The second kappa shape index (κ2) is 10.5. The Morgan fingerprint density at radius 1 is 1.35 bits per heavy atom. The third-order valence-electron chi connectivity index (χ3n) is 5.22. The third kappa shape index (κ3) is 5.73. The van der Waals surface area contributed by atoms with Gasteiger partial charge in [-0.2, -0.15) is 10.5 Å². The van der Waals surface area contributed by atoms with Crippen molar-refractivity contribution in [3.05, 3.63) is 52.3 Å². The Bertz CT molecular complexity index is 1220. The van der Waals surface area contributed by atoms with Gasteiger partial charge in [0.2, 0.25) is 5.91 Å². The number of hydrogen-bond donors (Lipinski definition) is 3. The highest BCUT2D eigenvalue weighted by Gasteiger charge is 2.33. The van der Waals surface area contributed by atoms with Crippen LogP contribution in [0.3, 0.4) is 0 Å². The average molecular weight is 505 g/mol. The molecular formula is C21H21FN5O5PS. The maximum atomic E-state index is 13.4. The first-order valence-corrected chi connectivity index (χ1v) is 12.6. The van der Waals surface area contributed by atoms with E-state index in [-0.39, 0.29) is 28.5 Å². The lowest BCUT2D eigenvalue weighted by atomic mass is 10.0. The van der Waals surface area contributed by atoms with Crippen LogP contribution in [-0.2, 0) is 20.3 Å². The minimum Gasteiger partial charge on any atom is -0.368 e. The van der Waals surface area contributed by atoms with E-state index in [2.05, 4.69) is 17.1 Å². The normalized spacial score (nSPS) is 16.6. The van der Waals surface area contributed by atoms with Crippen LogP contribution in [0.25, 0.3) is 0 Å². The van der Waals surface area contributed by atoms with Crippen molar-refractivity contribution in [3.8, 4) is 12.1 Å². The number of rotatable bonds is 8. The molecule has 1 aliphatic rings. The summed E-state index contributed by atoms with van der Waals surface area (Å²) in [6.45, 7) is 2.15. The van der Waals surface area contributed by atoms with Crippen molar-refractivity contribution in [3.63, 3.8) is 0 Å². The summed E-state index contributed by atoms with van der Waals surface area (Å²) in [5.41, 5.74) is 6.74. The highest BCUT2D eigenvalue weighted by Crippen LogP contribution is 2.42. The first kappa shape index (κ1) is 25.6. The number of pyridine rings is 1. The van der Waals surface area contributed by atoms with Gasteiger partial charge in [0.05, 0.1) is 17.2 Å². The van der Waals surface area contributed by atoms with Crippen molar-refractivity contribution in [2.45, 2.75) is 36.1 Å². The molecule has 0 radical (unpaired) electrons. The molecule has 10 nitrogen and oxygen atoms in total. The van der Waals surface area contributed by atoms with E-state index in [1.807, 2.05) is 0 Å². The number of nitrogens with zero attached hydrogens (tertiary/aromatic N) is 4. The first-order valence-electron chi connectivity index (χ1n) is 10.1. The zero-order valence-corrected chi connectivity index (χ0v) is 19.7.